The molecule has 4 rings (SSSR count). The molecule has 2 aromatic rings. The van der Waals surface area contributed by atoms with Crippen molar-refractivity contribution in [2.75, 3.05) is 25.4 Å². The standard InChI is InChI=1S/C19H23N3S/c20-19-21-17-12-14(6-7-18(17)23-19)13-22-10-8-16(9-11-22)15-4-2-1-3-5-15/h1-5,8,14H,6-7,9-13H2,(H2,20,21). The summed E-state index contributed by atoms with van der Waals surface area (Å²) in [5, 5.41) is 0.740. The molecular weight excluding hydrogens is 302 g/mol. The average molecular weight is 325 g/mol. The van der Waals surface area contributed by atoms with Gasteiger partial charge in [0.05, 0.1) is 5.69 Å². The summed E-state index contributed by atoms with van der Waals surface area (Å²) in [7, 11) is 0. The molecular formula is C19H23N3S. The lowest BCUT2D eigenvalue weighted by Gasteiger charge is -2.31. The number of nitrogen functional groups attached to an aromatic ring is 1. The van der Waals surface area contributed by atoms with Crippen molar-refractivity contribution in [3.63, 3.8) is 0 Å². The minimum absolute atomic E-state index is 0.732. The molecule has 0 saturated carbocycles. The average Bonchev–Trinajstić information content (AvgIpc) is 2.96. The van der Waals surface area contributed by atoms with Gasteiger partial charge in [0, 0.05) is 24.5 Å². The van der Waals surface area contributed by atoms with Crippen molar-refractivity contribution in [2.45, 2.75) is 25.7 Å². The van der Waals surface area contributed by atoms with E-state index in [-0.39, 0.29) is 0 Å². The van der Waals surface area contributed by atoms with Crippen LogP contribution in [0.5, 0.6) is 0 Å². The van der Waals surface area contributed by atoms with Crippen molar-refractivity contribution >= 4 is 22.0 Å². The lowest BCUT2D eigenvalue weighted by atomic mass is 9.90. The van der Waals surface area contributed by atoms with Gasteiger partial charge in [0.25, 0.3) is 0 Å². The van der Waals surface area contributed by atoms with E-state index in [1.165, 1.54) is 41.2 Å². The van der Waals surface area contributed by atoms with Crippen LogP contribution in [-0.4, -0.2) is 29.5 Å². The van der Waals surface area contributed by atoms with E-state index < -0.39 is 0 Å². The zero-order valence-electron chi connectivity index (χ0n) is 13.4. The third-order valence-corrected chi connectivity index (χ3v) is 6.00. The maximum atomic E-state index is 5.85. The van der Waals surface area contributed by atoms with E-state index in [0.717, 1.165) is 36.9 Å². The molecule has 0 fully saturated rings. The van der Waals surface area contributed by atoms with Crippen LogP contribution in [0, 0.1) is 5.92 Å². The van der Waals surface area contributed by atoms with Crippen molar-refractivity contribution in [1.82, 2.24) is 9.88 Å². The summed E-state index contributed by atoms with van der Waals surface area (Å²) in [4.78, 5) is 8.53. The molecule has 0 saturated heterocycles. The molecule has 3 nitrogen and oxygen atoms in total. The number of hydrogen-bond donors (Lipinski definition) is 1. The summed E-state index contributed by atoms with van der Waals surface area (Å²) in [5.41, 5.74) is 9.99. The van der Waals surface area contributed by atoms with Crippen LogP contribution in [0.1, 0.15) is 29.0 Å². The van der Waals surface area contributed by atoms with Crippen molar-refractivity contribution in [2.24, 2.45) is 5.92 Å². The highest BCUT2D eigenvalue weighted by Gasteiger charge is 2.24. The highest BCUT2D eigenvalue weighted by molar-refractivity contribution is 7.15. The largest absolute Gasteiger partial charge is 0.375 e. The van der Waals surface area contributed by atoms with Crippen LogP contribution in [0.2, 0.25) is 0 Å². The van der Waals surface area contributed by atoms with Gasteiger partial charge in [-0.1, -0.05) is 36.4 Å². The Balaban J connectivity index is 1.36. The quantitative estimate of drug-likeness (QED) is 0.937. The predicted molar refractivity (Wildman–Crippen MR) is 97.5 cm³/mol. The first-order chi connectivity index (χ1) is 11.3. The number of aromatic nitrogens is 1. The molecule has 2 aliphatic rings. The first kappa shape index (κ1) is 14.9. The second-order valence-electron chi connectivity index (χ2n) is 6.64. The molecule has 120 valence electrons. The van der Waals surface area contributed by atoms with Crippen LogP contribution in [0.4, 0.5) is 5.13 Å². The van der Waals surface area contributed by atoms with Crippen LogP contribution in [-0.2, 0) is 12.8 Å². The molecule has 1 unspecified atom stereocenters. The van der Waals surface area contributed by atoms with Gasteiger partial charge in [-0.2, -0.15) is 0 Å². The van der Waals surface area contributed by atoms with Crippen LogP contribution in [0.25, 0.3) is 5.57 Å². The van der Waals surface area contributed by atoms with Crippen molar-refractivity contribution < 1.29 is 0 Å². The maximum Gasteiger partial charge on any atom is 0.180 e. The number of rotatable bonds is 3. The number of aryl methyl sites for hydroxylation is 1. The lowest BCUT2D eigenvalue weighted by Crippen LogP contribution is -2.35. The molecule has 2 N–H and O–H groups in total. The fourth-order valence-corrected chi connectivity index (χ4v) is 4.66. The number of fused-ring (bicyclic) bond motifs is 1. The Bertz CT molecular complexity index is 705. The fourth-order valence-electron chi connectivity index (χ4n) is 3.78. The van der Waals surface area contributed by atoms with Crippen molar-refractivity contribution in [3.05, 3.63) is 52.5 Å². The number of thiazole rings is 1. The molecule has 4 heteroatoms. The molecule has 0 radical (unpaired) electrons. The molecule has 2 heterocycles. The smallest absolute Gasteiger partial charge is 0.180 e. The van der Waals surface area contributed by atoms with Crippen LogP contribution < -0.4 is 5.73 Å². The minimum Gasteiger partial charge on any atom is -0.375 e. The van der Waals surface area contributed by atoms with Gasteiger partial charge >= 0.3 is 0 Å². The van der Waals surface area contributed by atoms with E-state index in [0.29, 0.717) is 0 Å². The van der Waals surface area contributed by atoms with Gasteiger partial charge in [-0.3, -0.25) is 4.90 Å². The Kier molecular flexibility index (Phi) is 4.19. The molecule has 1 atom stereocenters. The number of hydrogen-bond acceptors (Lipinski definition) is 4. The summed E-state index contributed by atoms with van der Waals surface area (Å²) >= 11 is 1.68. The second kappa shape index (κ2) is 6.46. The minimum atomic E-state index is 0.732. The van der Waals surface area contributed by atoms with Gasteiger partial charge in [0.2, 0.25) is 0 Å². The topological polar surface area (TPSA) is 42.1 Å². The normalized spacial score (nSPS) is 21.7. The molecule has 0 spiro atoms. The molecule has 0 bridgehead atoms. The highest BCUT2D eigenvalue weighted by Crippen LogP contribution is 2.32. The molecule has 1 aromatic heterocycles. The van der Waals surface area contributed by atoms with Gasteiger partial charge in [-0.05, 0) is 42.7 Å². The van der Waals surface area contributed by atoms with Crippen molar-refractivity contribution in [1.29, 1.82) is 0 Å². The molecule has 23 heavy (non-hydrogen) atoms. The molecule has 1 aliphatic heterocycles. The van der Waals surface area contributed by atoms with Crippen LogP contribution in [0.3, 0.4) is 0 Å². The van der Waals surface area contributed by atoms with E-state index in [4.69, 9.17) is 5.73 Å². The number of anilines is 1. The maximum absolute atomic E-state index is 5.85. The molecule has 1 aromatic carbocycles. The Labute approximate surface area is 141 Å². The zero-order chi connectivity index (χ0) is 15.6. The molecule has 0 amide bonds. The van der Waals surface area contributed by atoms with Gasteiger partial charge in [-0.25, -0.2) is 4.98 Å². The molecule has 1 aliphatic carbocycles. The van der Waals surface area contributed by atoms with E-state index in [2.05, 4.69) is 46.3 Å². The first-order valence-corrected chi connectivity index (χ1v) is 9.30. The van der Waals surface area contributed by atoms with E-state index >= 15 is 0 Å². The first-order valence-electron chi connectivity index (χ1n) is 8.49. The Morgan fingerprint density at radius 2 is 2.09 bits per heavy atom. The van der Waals surface area contributed by atoms with Gasteiger partial charge in [-0.15, -0.1) is 11.3 Å². The summed E-state index contributed by atoms with van der Waals surface area (Å²) in [5.74, 6) is 0.732. The van der Waals surface area contributed by atoms with Gasteiger partial charge < -0.3 is 5.73 Å². The second-order valence-corrected chi connectivity index (χ2v) is 7.75. The van der Waals surface area contributed by atoms with Gasteiger partial charge in [0.15, 0.2) is 5.13 Å². The zero-order valence-corrected chi connectivity index (χ0v) is 14.2. The van der Waals surface area contributed by atoms with Gasteiger partial charge in [0.1, 0.15) is 0 Å². The van der Waals surface area contributed by atoms with Crippen LogP contribution in [0.15, 0.2) is 36.4 Å². The summed E-state index contributed by atoms with van der Waals surface area (Å²) < 4.78 is 0. The third-order valence-electron chi connectivity index (χ3n) is 5.01. The summed E-state index contributed by atoms with van der Waals surface area (Å²) in [6.45, 7) is 3.44. The summed E-state index contributed by atoms with van der Waals surface area (Å²) in [6.07, 6.45) is 7.11. The van der Waals surface area contributed by atoms with E-state index in [9.17, 15) is 0 Å². The Morgan fingerprint density at radius 3 is 2.87 bits per heavy atom. The monoisotopic (exact) mass is 325 g/mol. The Morgan fingerprint density at radius 1 is 1.22 bits per heavy atom. The number of benzene rings is 1. The lowest BCUT2D eigenvalue weighted by molar-refractivity contribution is 0.238. The van der Waals surface area contributed by atoms with Crippen LogP contribution >= 0.6 is 11.3 Å². The number of nitrogens with zero attached hydrogens (tertiary/aromatic N) is 2. The van der Waals surface area contributed by atoms with Crippen molar-refractivity contribution in [3.8, 4) is 0 Å². The predicted octanol–water partition coefficient (Wildman–Crippen LogP) is 3.62. The Hall–Kier alpha value is -1.65. The number of nitrogens with two attached hydrogens (primary N) is 1. The highest BCUT2D eigenvalue weighted by atomic mass is 32.1. The summed E-state index contributed by atoms with van der Waals surface area (Å²) in [6, 6.07) is 10.8. The fraction of sp³-hybridized carbons (Fsp3) is 0.421. The SMILES string of the molecule is Nc1nc2c(s1)CCC(CN1CC=C(c3ccccc3)CC1)C2. The van der Waals surface area contributed by atoms with E-state index in [1.807, 2.05) is 0 Å². The van der Waals surface area contributed by atoms with E-state index in [1.54, 1.807) is 11.3 Å². The third kappa shape index (κ3) is 3.33.